The molecule has 0 aliphatic carbocycles. The zero-order chi connectivity index (χ0) is 15.1. The minimum absolute atomic E-state index is 0.326. The van der Waals surface area contributed by atoms with Crippen LogP contribution in [0.3, 0.4) is 0 Å². The normalized spacial score (nSPS) is 16.1. The summed E-state index contributed by atoms with van der Waals surface area (Å²) in [6, 6.07) is 4.50. The Balaban J connectivity index is 1.96. The summed E-state index contributed by atoms with van der Waals surface area (Å²) in [5.41, 5.74) is 0.894. The van der Waals surface area contributed by atoms with E-state index in [9.17, 15) is 4.79 Å². The van der Waals surface area contributed by atoms with E-state index in [1.165, 1.54) is 6.08 Å². The van der Waals surface area contributed by atoms with E-state index in [2.05, 4.69) is 22.2 Å². The SMILES string of the molecule is CCOC(=O)/C=C/c1ccc(N(C)C2CCNCC2)nc1. The average Bonchev–Trinajstić information content (AvgIpc) is 2.54. The van der Waals surface area contributed by atoms with E-state index >= 15 is 0 Å². The lowest BCUT2D eigenvalue weighted by atomic mass is 10.1. The van der Waals surface area contributed by atoms with Gasteiger partial charge in [-0.25, -0.2) is 9.78 Å². The van der Waals surface area contributed by atoms with Crippen LogP contribution >= 0.6 is 0 Å². The van der Waals surface area contributed by atoms with E-state index in [4.69, 9.17) is 4.74 Å². The van der Waals surface area contributed by atoms with Crippen LogP contribution in [0.5, 0.6) is 0 Å². The van der Waals surface area contributed by atoms with Gasteiger partial charge >= 0.3 is 5.97 Å². The molecule has 1 fully saturated rings. The molecule has 1 aromatic heterocycles. The second-order valence-corrected chi connectivity index (χ2v) is 5.13. The van der Waals surface area contributed by atoms with Gasteiger partial charge in [0, 0.05) is 25.4 Å². The van der Waals surface area contributed by atoms with Crippen molar-refractivity contribution in [3.63, 3.8) is 0 Å². The summed E-state index contributed by atoms with van der Waals surface area (Å²) in [7, 11) is 2.09. The number of anilines is 1. The minimum Gasteiger partial charge on any atom is -0.463 e. The maximum Gasteiger partial charge on any atom is 0.330 e. The first-order valence-electron chi connectivity index (χ1n) is 7.45. The molecule has 0 bridgehead atoms. The molecule has 0 spiro atoms. The third-order valence-corrected chi connectivity index (χ3v) is 3.69. The van der Waals surface area contributed by atoms with Gasteiger partial charge in [0.25, 0.3) is 0 Å². The van der Waals surface area contributed by atoms with Crippen molar-refractivity contribution in [2.75, 3.05) is 31.6 Å². The number of ether oxygens (including phenoxy) is 1. The second kappa shape index (κ2) is 7.78. The van der Waals surface area contributed by atoms with Gasteiger partial charge < -0.3 is 15.0 Å². The molecule has 0 radical (unpaired) electrons. The fourth-order valence-electron chi connectivity index (χ4n) is 2.44. The third-order valence-electron chi connectivity index (χ3n) is 3.69. The van der Waals surface area contributed by atoms with Gasteiger partial charge in [-0.2, -0.15) is 0 Å². The molecule has 1 saturated heterocycles. The predicted molar refractivity (Wildman–Crippen MR) is 84.2 cm³/mol. The van der Waals surface area contributed by atoms with Crippen LogP contribution in [0.2, 0.25) is 0 Å². The monoisotopic (exact) mass is 289 g/mol. The van der Waals surface area contributed by atoms with Crippen LogP contribution in [-0.2, 0) is 9.53 Å². The summed E-state index contributed by atoms with van der Waals surface area (Å²) in [5.74, 6) is 0.642. The Bertz CT molecular complexity index is 479. The van der Waals surface area contributed by atoms with Gasteiger partial charge in [0.1, 0.15) is 5.82 Å². The number of carbonyl (C=O) groups is 1. The maximum absolute atomic E-state index is 11.3. The zero-order valence-electron chi connectivity index (χ0n) is 12.7. The minimum atomic E-state index is -0.326. The summed E-state index contributed by atoms with van der Waals surface area (Å²) in [4.78, 5) is 18.0. The molecule has 5 nitrogen and oxygen atoms in total. The van der Waals surface area contributed by atoms with Crippen molar-refractivity contribution in [3.05, 3.63) is 30.0 Å². The number of nitrogens with zero attached hydrogens (tertiary/aromatic N) is 2. The summed E-state index contributed by atoms with van der Waals surface area (Å²) >= 11 is 0. The quantitative estimate of drug-likeness (QED) is 0.662. The molecule has 0 atom stereocenters. The van der Waals surface area contributed by atoms with Crippen molar-refractivity contribution in [2.45, 2.75) is 25.8 Å². The highest BCUT2D eigenvalue weighted by Crippen LogP contribution is 2.18. The first-order valence-corrected chi connectivity index (χ1v) is 7.45. The van der Waals surface area contributed by atoms with Crippen LogP contribution in [-0.4, -0.2) is 43.7 Å². The van der Waals surface area contributed by atoms with Gasteiger partial charge in [0.15, 0.2) is 0 Å². The number of piperidine rings is 1. The van der Waals surface area contributed by atoms with Gasteiger partial charge in [-0.05, 0) is 56.6 Å². The first-order chi connectivity index (χ1) is 10.2. The summed E-state index contributed by atoms with van der Waals surface area (Å²) in [6.45, 7) is 4.31. The van der Waals surface area contributed by atoms with Crippen molar-refractivity contribution in [1.29, 1.82) is 0 Å². The molecule has 2 rings (SSSR count). The molecule has 0 aromatic carbocycles. The highest BCUT2D eigenvalue weighted by Gasteiger charge is 2.18. The van der Waals surface area contributed by atoms with Crippen LogP contribution < -0.4 is 10.2 Å². The summed E-state index contributed by atoms with van der Waals surface area (Å²) in [6.07, 6.45) is 7.21. The molecule has 0 amide bonds. The smallest absolute Gasteiger partial charge is 0.330 e. The Hall–Kier alpha value is -1.88. The molecule has 21 heavy (non-hydrogen) atoms. The third kappa shape index (κ3) is 4.56. The molecule has 114 valence electrons. The fourth-order valence-corrected chi connectivity index (χ4v) is 2.44. The lowest BCUT2D eigenvalue weighted by Crippen LogP contribution is -2.41. The maximum atomic E-state index is 11.3. The van der Waals surface area contributed by atoms with Gasteiger partial charge in [0.05, 0.1) is 6.61 Å². The molecule has 0 saturated carbocycles. The molecule has 1 aliphatic heterocycles. The van der Waals surface area contributed by atoms with Crippen LogP contribution in [0.25, 0.3) is 6.08 Å². The molecule has 5 heteroatoms. The van der Waals surface area contributed by atoms with Crippen molar-refractivity contribution in [2.24, 2.45) is 0 Å². The zero-order valence-corrected chi connectivity index (χ0v) is 12.7. The van der Waals surface area contributed by atoms with E-state index in [1.807, 2.05) is 12.1 Å². The largest absolute Gasteiger partial charge is 0.463 e. The van der Waals surface area contributed by atoms with Crippen molar-refractivity contribution in [3.8, 4) is 0 Å². The average molecular weight is 289 g/mol. The van der Waals surface area contributed by atoms with Crippen molar-refractivity contribution < 1.29 is 9.53 Å². The van der Waals surface area contributed by atoms with Crippen LogP contribution in [0, 0.1) is 0 Å². The number of pyridine rings is 1. The molecule has 1 aromatic rings. The Morgan fingerprint density at radius 3 is 2.86 bits per heavy atom. The number of esters is 1. The van der Waals surface area contributed by atoms with E-state index < -0.39 is 0 Å². The van der Waals surface area contributed by atoms with E-state index in [-0.39, 0.29) is 5.97 Å². The number of hydrogen-bond acceptors (Lipinski definition) is 5. The summed E-state index contributed by atoms with van der Waals surface area (Å²) < 4.78 is 4.84. The highest BCUT2D eigenvalue weighted by molar-refractivity contribution is 5.86. The molecule has 2 heterocycles. The van der Waals surface area contributed by atoms with Gasteiger partial charge in [-0.1, -0.05) is 0 Å². The van der Waals surface area contributed by atoms with Gasteiger partial charge in [-0.3, -0.25) is 0 Å². The Labute approximate surface area is 126 Å². The number of rotatable bonds is 5. The van der Waals surface area contributed by atoms with Crippen molar-refractivity contribution >= 4 is 17.9 Å². The van der Waals surface area contributed by atoms with Gasteiger partial charge in [-0.15, -0.1) is 0 Å². The van der Waals surface area contributed by atoms with Crippen LogP contribution in [0.15, 0.2) is 24.4 Å². The Morgan fingerprint density at radius 2 is 2.24 bits per heavy atom. The second-order valence-electron chi connectivity index (χ2n) is 5.13. The fraction of sp³-hybridized carbons (Fsp3) is 0.500. The van der Waals surface area contributed by atoms with Gasteiger partial charge in [0.2, 0.25) is 0 Å². The van der Waals surface area contributed by atoms with E-state index in [1.54, 1.807) is 19.2 Å². The lowest BCUT2D eigenvalue weighted by molar-refractivity contribution is -0.137. The number of nitrogens with one attached hydrogen (secondary N) is 1. The van der Waals surface area contributed by atoms with Crippen LogP contribution in [0.1, 0.15) is 25.3 Å². The highest BCUT2D eigenvalue weighted by atomic mass is 16.5. The molecular weight excluding hydrogens is 266 g/mol. The molecule has 1 aliphatic rings. The van der Waals surface area contributed by atoms with Crippen LogP contribution in [0.4, 0.5) is 5.82 Å². The summed E-state index contributed by atoms with van der Waals surface area (Å²) in [5, 5.41) is 3.37. The first kappa shape index (κ1) is 15.5. The predicted octanol–water partition coefficient (Wildman–Crippen LogP) is 1.85. The molecule has 0 unspecified atom stereocenters. The Morgan fingerprint density at radius 1 is 1.48 bits per heavy atom. The standard InChI is InChI=1S/C16H23N3O2/c1-3-21-16(20)7-5-13-4-6-15(18-12-13)19(2)14-8-10-17-11-9-14/h4-7,12,14,17H,3,8-11H2,1-2H3/b7-5+. The Kier molecular flexibility index (Phi) is 5.75. The topological polar surface area (TPSA) is 54.5 Å². The van der Waals surface area contributed by atoms with E-state index in [0.29, 0.717) is 12.6 Å². The van der Waals surface area contributed by atoms with Crippen molar-refractivity contribution in [1.82, 2.24) is 10.3 Å². The number of hydrogen-bond donors (Lipinski definition) is 1. The molecular formula is C16H23N3O2. The lowest BCUT2D eigenvalue weighted by Gasteiger charge is -2.32. The molecule has 1 N–H and O–H groups in total. The van der Waals surface area contributed by atoms with E-state index in [0.717, 1.165) is 37.3 Å². The number of carbonyl (C=O) groups excluding carboxylic acids is 1. The number of aromatic nitrogens is 1.